The zero-order chi connectivity index (χ0) is 18.3. The largest absolute Gasteiger partial charge is 0.496 e. The van der Waals surface area contributed by atoms with Crippen LogP contribution in [0.25, 0.3) is 0 Å². The van der Waals surface area contributed by atoms with Gasteiger partial charge in [0.2, 0.25) is 10.0 Å². The minimum absolute atomic E-state index is 0.0184. The Labute approximate surface area is 151 Å². The molecule has 0 bridgehead atoms. The zero-order valence-electron chi connectivity index (χ0n) is 13.4. The number of halogens is 2. The number of carbonyl (C=O) groups excluding carboxylic acids is 1. The molecule has 7 nitrogen and oxygen atoms in total. The third kappa shape index (κ3) is 5.41. The van der Waals surface area contributed by atoms with Crippen molar-refractivity contribution < 1.29 is 17.9 Å². The Morgan fingerprint density at radius 2 is 2.08 bits per heavy atom. The fourth-order valence-corrected chi connectivity index (χ4v) is 3.21. The molecule has 1 aromatic carbocycles. The highest BCUT2D eigenvalue weighted by Crippen LogP contribution is 2.28. The van der Waals surface area contributed by atoms with Crippen LogP contribution in [0.4, 0.5) is 5.69 Å². The number of carbonyl (C=O) groups is 1. The number of nitrogens with one attached hydrogen (secondary N) is 2. The number of amides is 1. The van der Waals surface area contributed by atoms with E-state index in [0.717, 1.165) is 6.42 Å². The van der Waals surface area contributed by atoms with Crippen LogP contribution in [0.5, 0.6) is 5.75 Å². The van der Waals surface area contributed by atoms with Gasteiger partial charge in [-0.2, -0.15) is 0 Å². The monoisotopic (exact) mass is 397 g/mol. The first-order valence-electron chi connectivity index (χ1n) is 7.16. The molecule has 1 unspecified atom stereocenters. The van der Waals surface area contributed by atoms with Gasteiger partial charge in [-0.15, -0.1) is 23.2 Å². The van der Waals surface area contributed by atoms with E-state index in [1.54, 1.807) is 0 Å². The molecule has 4 N–H and O–H groups in total. The fraction of sp³-hybridized carbons (Fsp3) is 0.500. The third-order valence-electron chi connectivity index (χ3n) is 3.27. The number of rotatable bonds is 9. The highest BCUT2D eigenvalue weighted by molar-refractivity contribution is 7.89. The molecule has 0 saturated heterocycles. The summed E-state index contributed by atoms with van der Waals surface area (Å²) in [5.41, 5.74) is 5.78. The molecule has 1 amide bonds. The number of benzene rings is 1. The van der Waals surface area contributed by atoms with Crippen molar-refractivity contribution in [1.29, 1.82) is 0 Å². The van der Waals surface area contributed by atoms with Crippen molar-refractivity contribution in [3.05, 3.63) is 17.7 Å². The van der Waals surface area contributed by atoms with Crippen LogP contribution in [-0.2, 0) is 10.0 Å². The number of ether oxygens (including phenoxy) is 1. The van der Waals surface area contributed by atoms with Crippen molar-refractivity contribution in [2.24, 2.45) is 0 Å². The Bertz CT molecular complexity index is 683. The van der Waals surface area contributed by atoms with E-state index >= 15 is 0 Å². The molecule has 1 atom stereocenters. The number of nitrogens with two attached hydrogens (primary N) is 1. The summed E-state index contributed by atoms with van der Waals surface area (Å²) in [5.74, 6) is 0.164. The van der Waals surface area contributed by atoms with E-state index < -0.39 is 15.9 Å². The van der Waals surface area contributed by atoms with Crippen molar-refractivity contribution >= 4 is 44.8 Å². The molecule has 24 heavy (non-hydrogen) atoms. The van der Waals surface area contributed by atoms with E-state index in [1.165, 1.54) is 26.3 Å². The lowest BCUT2D eigenvalue weighted by molar-refractivity contribution is 0.0950. The lowest BCUT2D eigenvalue weighted by Gasteiger charge is -2.15. The first-order valence-corrected chi connectivity index (χ1v) is 9.61. The maximum Gasteiger partial charge on any atom is 0.255 e. The number of hydrogen-bond donors (Lipinski definition) is 3. The van der Waals surface area contributed by atoms with Gasteiger partial charge < -0.3 is 15.8 Å². The Morgan fingerprint density at radius 3 is 2.62 bits per heavy atom. The molecule has 0 aliphatic carbocycles. The van der Waals surface area contributed by atoms with Gasteiger partial charge in [0.1, 0.15) is 10.6 Å². The smallest absolute Gasteiger partial charge is 0.255 e. The first kappa shape index (κ1) is 20.8. The number of sulfonamides is 1. The normalized spacial score (nSPS) is 12.7. The van der Waals surface area contributed by atoms with E-state index in [9.17, 15) is 13.2 Å². The summed E-state index contributed by atoms with van der Waals surface area (Å²) in [5, 5.41) is 2.38. The van der Waals surface area contributed by atoms with Gasteiger partial charge in [0.25, 0.3) is 5.91 Å². The van der Waals surface area contributed by atoms with Gasteiger partial charge in [0, 0.05) is 18.5 Å². The van der Waals surface area contributed by atoms with Crippen LogP contribution in [0.3, 0.4) is 0 Å². The van der Waals surface area contributed by atoms with Gasteiger partial charge in [-0.25, -0.2) is 13.1 Å². The predicted octanol–water partition coefficient (Wildman–Crippen LogP) is 1.54. The van der Waals surface area contributed by atoms with Crippen molar-refractivity contribution in [2.45, 2.75) is 23.1 Å². The Kier molecular flexibility index (Phi) is 8.08. The van der Waals surface area contributed by atoms with E-state index in [1.807, 2.05) is 0 Å². The van der Waals surface area contributed by atoms with Gasteiger partial charge in [-0.1, -0.05) is 0 Å². The molecule has 0 aromatic heterocycles. The second kappa shape index (κ2) is 9.31. The van der Waals surface area contributed by atoms with Crippen LogP contribution < -0.4 is 20.5 Å². The number of hydrogen-bond acceptors (Lipinski definition) is 5. The minimum atomic E-state index is -3.80. The molecule has 10 heteroatoms. The van der Waals surface area contributed by atoms with Gasteiger partial charge in [-0.05, 0) is 26.0 Å². The summed E-state index contributed by atoms with van der Waals surface area (Å²) in [7, 11) is -1.18. The maximum absolute atomic E-state index is 12.3. The molecular weight excluding hydrogens is 377 g/mol. The summed E-state index contributed by atoms with van der Waals surface area (Å²) in [6.45, 7) is 0.221. The molecule has 0 spiro atoms. The number of alkyl halides is 2. The topological polar surface area (TPSA) is 111 Å². The van der Waals surface area contributed by atoms with E-state index in [2.05, 4.69) is 10.0 Å². The second-order valence-corrected chi connectivity index (χ2v) is 7.79. The van der Waals surface area contributed by atoms with E-state index in [-0.39, 0.29) is 33.8 Å². The zero-order valence-corrected chi connectivity index (χ0v) is 15.8. The Balaban J connectivity index is 3.04. The Morgan fingerprint density at radius 1 is 1.42 bits per heavy atom. The van der Waals surface area contributed by atoms with Crippen molar-refractivity contribution in [2.75, 3.05) is 32.3 Å². The lowest BCUT2D eigenvalue weighted by atomic mass is 10.1. The highest BCUT2D eigenvalue weighted by atomic mass is 35.5. The maximum atomic E-state index is 12.3. The molecule has 0 heterocycles. The van der Waals surface area contributed by atoms with Crippen LogP contribution in [0.15, 0.2) is 17.0 Å². The van der Waals surface area contributed by atoms with Crippen molar-refractivity contribution in [3.63, 3.8) is 0 Å². The third-order valence-corrected chi connectivity index (χ3v) is 5.38. The quantitative estimate of drug-likeness (QED) is 0.432. The molecule has 0 saturated carbocycles. The summed E-state index contributed by atoms with van der Waals surface area (Å²) in [6, 6.07) is 2.47. The van der Waals surface area contributed by atoms with Crippen LogP contribution in [0.2, 0.25) is 0 Å². The summed E-state index contributed by atoms with van der Waals surface area (Å²) >= 11 is 11.7. The van der Waals surface area contributed by atoms with Crippen LogP contribution in [0.1, 0.15) is 23.2 Å². The summed E-state index contributed by atoms with van der Waals surface area (Å²) in [6.07, 6.45) is 1.39. The Hall–Kier alpha value is -1.22. The standard InChI is InChI=1S/C14H21Cl2N3O4S/c1-18-24(21,22)13-6-10(12(23-2)7-11(13)17)14(20)19-8-9(16)4-3-5-15/h6-7,9,18H,3-5,8,17H2,1-2H3,(H,19,20). The van der Waals surface area contributed by atoms with Gasteiger partial charge in [0.05, 0.1) is 23.7 Å². The van der Waals surface area contributed by atoms with Gasteiger partial charge in [0.15, 0.2) is 0 Å². The molecule has 0 aliphatic rings. The van der Waals surface area contributed by atoms with Gasteiger partial charge in [-0.3, -0.25) is 4.79 Å². The fourth-order valence-electron chi connectivity index (χ4n) is 1.96. The van der Waals surface area contributed by atoms with E-state index in [4.69, 9.17) is 33.7 Å². The molecule has 136 valence electrons. The molecule has 1 aromatic rings. The molecule has 0 fully saturated rings. The first-order chi connectivity index (χ1) is 11.3. The molecule has 0 aliphatic heterocycles. The average molecular weight is 398 g/mol. The van der Waals surface area contributed by atoms with Crippen LogP contribution in [0, 0.1) is 0 Å². The lowest BCUT2D eigenvalue weighted by Crippen LogP contribution is -2.30. The highest BCUT2D eigenvalue weighted by Gasteiger charge is 2.22. The minimum Gasteiger partial charge on any atom is -0.496 e. The average Bonchev–Trinajstić information content (AvgIpc) is 2.57. The number of methoxy groups -OCH3 is 1. The summed E-state index contributed by atoms with van der Waals surface area (Å²) in [4.78, 5) is 12.2. The summed E-state index contributed by atoms with van der Waals surface area (Å²) < 4.78 is 31.2. The number of anilines is 1. The molecule has 0 radical (unpaired) electrons. The second-order valence-electron chi connectivity index (χ2n) is 4.94. The van der Waals surface area contributed by atoms with Crippen molar-refractivity contribution in [3.8, 4) is 5.75 Å². The van der Waals surface area contributed by atoms with Gasteiger partial charge >= 0.3 is 0 Å². The van der Waals surface area contributed by atoms with Crippen LogP contribution in [-0.4, -0.2) is 46.3 Å². The SMILES string of the molecule is CNS(=O)(=O)c1cc(C(=O)NCC(Cl)CCCCl)c(OC)cc1N. The van der Waals surface area contributed by atoms with Crippen LogP contribution >= 0.6 is 23.2 Å². The number of nitrogen functional groups attached to an aromatic ring is 1. The predicted molar refractivity (Wildman–Crippen MR) is 95.6 cm³/mol. The van der Waals surface area contributed by atoms with Crippen molar-refractivity contribution in [1.82, 2.24) is 10.0 Å². The molecule has 1 rings (SSSR count). The molecular formula is C14H21Cl2N3O4S. The van der Waals surface area contributed by atoms with E-state index in [0.29, 0.717) is 12.3 Å².